The number of nitrogens with two attached hydrogens (primary N) is 1. The van der Waals surface area contributed by atoms with Crippen molar-refractivity contribution in [3.05, 3.63) is 304 Å². The summed E-state index contributed by atoms with van der Waals surface area (Å²) in [7, 11) is 0. The summed E-state index contributed by atoms with van der Waals surface area (Å²) < 4.78 is 17.4. The lowest BCUT2D eigenvalue weighted by Gasteiger charge is -2.04. The van der Waals surface area contributed by atoms with Crippen LogP contribution in [0.5, 0.6) is 0 Å². The molecule has 14 aromatic rings. The van der Waals surface area contributed by atoms with Gasteiger partial charge < -0.3 is 35.4 Å². The number of aliphatic hydroxyl groups excluding tert-OH is 1. The predicted octanol–water partition coefficient (Wildman–Crippen LogP) is 18.1. The van der Waals surface area contributed by atoms with Crippen LogP contribution in [0, 0.1) is 41.1 Å². The average Bonchev–Trinajstić information content (AvgIpc) is 1.69. The number of unbranched alkanes of at least 4 members (excludes halogenated alkanes) is 2. The second kappa shape index (κ2) is 55.9. The van der Waals surface area contributed by atoms with E-state index in [1.54, 1.807) is 27.7 Å². The van der Waals surface area contributed by atoms with E-state index in [0.29, 0.717) is 84.5 Å². The van der Waals surface area contributed by atoms with Crippen molar-refractivity contribution in [2.75, 3.05) is 38.7 Å². The summed E-state index contributed by atoms with van der Waals surface area (Å²) in [6.07, 6.45) is 28.0. The molecule has 17 rings (SSSR count). The molecule has 10 aromatic heterocycles. The molecule has 0 saturated heterocycles. The van der Waals surface area contributed by atoms with E-state index in [4.69, 9.17) is 31.5 Å². The Morgan fingerprint density at radius 3 is 1.33 bits per heavy atom. The van der Waals surface area contributed by atoms with Crippen LogP contribution in [0.4, 0.5) is 5.82 Å². The largest absolute Gasteiger partial charge is 0.461 e. The number of H-pyrrole nitrogens is 1. The molecule has 135 heavy (non-hydrogen) atoms. The topological polar surface area (TPSA) is 402 Å². The average molecular weight is 2220 g/mol. The van der Waals surface area contributed by atoms with Crippen LogP contribution in [0.15, 0.2) is 174 Å². The lowest BCUT2D eigenvalue weighted by atomic mass is 10.0. The van der Waals surface area contributed by atoms with Crippen LogP contribution >= 0.6 is 113 Å². The van der Waals surface area contributed by atoms with Crippen molar-refractivity contribution in [1.29, 1.82) is 0 Å². The van der Waals surface area contributed by atoms with Crippen LogP contribution in [0.1, 0.15) is 218 Å². The maximum Gasteiger partial charge on any atom is 0.369 e. The number of amides is 1. The van der Waals surface area contributed by atoms with E-state index < -0.39 is 17.9 Å². The molecule has 10 heterocycles. The first kappa shape index (κ1) is 104. The predicted molar refractivity (Wildman–Crippen MR) is 552 cm³/mol. The molecule has 3 aliphatic carbocycles. The monoisotopic (exact) mass is 2220 g/mol. The second-order valence-corrected chi connectivity index (χ2v) is 38.5. The molecule has 36 heteroatoms. The standard InChI is InChI=1S/C24H28N6OS.C23H24N4O2S.C23H20N4O2S.C14H11IN2.C9H10N2O2S.C4H3I2N3.C2H6O/c1-16(2)15-25-23(31)24-30-28-21(32-24)11-7-6-10-19-13-18-14-20(26-22(18)29-27-19)12-17-8-4-3-5-9-17;2*1-2-29-23(28)22-27-26-21(30-22)11-7-6-10-19-15-18-13-17(14-20(18)25-24-19)12-16-8-4-3-5-9-16;15-14-9-12-7-11(8-13(12)16-17-14)6-10-4-2-1-3-5-10;1-3-5-6-7-10-11-8(14-7)9(12)13-4-2;5-2-1-3(6)8-9-4(2)7;1-2-3/h3-5,8-9,13-14,16H,6-7,10-12,15H2,1-2H3,(H,25,31)(H,26,29);3-5,8-9,13,15H,2,6-7,10-12,14H2,1H3;3-5,8-9,13,15H,2,7,11-12,14H2,1H3;1-5,7,9H,6,8H2;1H,4-6H2,2H3;1H,(H2,7,9);3H,2H2,1H3. The Kier molecular flexibility index (Phi) is 43.0. The van der Waals surface area contributed by atoms with Gasteiger partial charge in [0.1, 0.15) is 33.1 Å². The highest BCUT2D eigenvalue weighted by atomic mass is 127. The number of ether oxygens (including phenoxy) is 3. The number of fused-ring (bicyclic) bond motifs is 4. The Morgan fingerprint density at radius 1 is 0.459 bits per heavy atom. The van der Waals surface area contributed by atoms with Gasteiger partial charge in [-0.05, 0) is 229 Å². The zero-order valence-electron chi connectivity index (χ0n) is 75.6. The number of aromatic nitrogens is 19. The van der Waals surface area contributed by atoms with E-state index >= 15 is 0 Å². The molecule has 0 unspecified atom stereocenters. The number of nitrogens with zero attached hydrogens (tertiary/aromatic N) is 18. The summed E-state index contributed by atoms with van der Waals surface area (Å²) in [4.78, 5) is 49.9. The maximum absolute atomic E-state index is 12.1. The molecule has 3 aliphatic rings. The Hall–Kier alpha value is -11.8. The van der Waals surface area contributed by atoms with Crippen molar-refractivity contribution in [3.63, 3.8) is 0 Å². The first-order valence-electron chi connectivity index (χ1n) is 44.1. The molecule has 0 radical (unpaired) electrons. The van der Waals surface area contributed by atoms with Gasteiger partial charge in [-0.25, -0.2) is 14.4 Å². The molecular weight excluding hydrogens is 2120 g/mol. The number of carbonyl (C=O) groups is 4. The fraction of sp³-hybridized carbons (Fsp3) is 0.313. The third-order valence-electron chi connectivity index (χ3n) is 19.7. The van der Waals surface area contributed by atoms with E-state index in [-0.39, 0.29) is 17.5 Å². The molecule has 0 spiro atoms. The van der Waals surface area contributed by atoms with Crippen LogP contribution in [-0.2, 0) is 97.7 Å². The number of benzene rings is 4. The van der Waals surface area contributed by atoms with Crippen molar-refractivity contribution in [2.24, 2.45) is 5.92 Å². The van der Waals surface area contributed by atoms with Crippen LogP contribution < -0.4 is 11.1 Å². The second-order valence-electron chi connectivity index (χ2n) is 30.9. The highest BCUT2D eigenvalue weighted by molar-refractivity contribution is 14.1. The number of nitrogen functional groups attached to an aromatic ring is 1. The Balaban J connectivity index is 0.000000161. The molecular formula is C99H102I3N21O8S4. The number of allylic oxidation sites excluding steroid dienone is 3. The van der Waals surface area contributed by atoms with Gasteiger partial charge in [0.15, 0.2) is 11.5 Å². The van der Waals surface area contributed by atoms with Gasteiger partial charge in [-0.1, -0.05) is 221 Å². The van der Waals surface area contributed by atoms with Crippen molar-refractivity contribution in [3.8, 4) is 24.2 Å². The summed E-state index contributed by atoms with van der Waals surface area (Å²) in [5.41, 5.74) is 26.2. The number of esters is 3. The molecule has 5 N–H and O–H groups in total. The van der Waals surface area contributed by atoms with E-state index in [0.717, 1.165) is 178 Å². The smallest absolute Gasteiger partial charge is 0.369 e. The van der Waals surface area contributed by atoms with E-state index in [9.17, 15) is 19.2 Å². The van der Waals surface area contributed by atoms with Gasteiger partial charge in [0.2, 0.25) is 20.0 Å². The number of anilines is 1. The third kappa shape index (κ3) is 35.1. The van der Waals surface area contributed by atoms with Gasteiger partial charge in [0, 0.05) is 99.6 Å². The number of hydrogen-bond acceptors (Lipinski definition) is 31. The van der Waals surface area contributed by atoms with Gasteiger partial charge >= 0.3 is 17.9 Å². The number of hydrogen-bond donors (Lipinski definition) is 4. The SMILES string of the molecule is C#CCCc1nnc(C(=O)OCC)s1.CC(C)CNC(=O)c1nnc(CCCCc2cc3cc(Cc4ccccc4)[nH]c3nn2)s1.CCO.CCOC(=O)c1nnc(CCC#Cc2cc3c(nn2)CC(Cc2ccccc2)=C3)s1.CCOC(=O)c1nnc(CCCCc2cc3c(nn2)CC(Cc2ccccc2)=C3)s1.Ic1cc2c(nn1)CC(Cc1ccccc1)=C2.Nc1nnc(I)cc1I. The van der Waals surface area contributed by atoms with Gasteiger partial charge in [0.25, 0.3) is 5.91 Å². The third-order valence-corrected chi connectivity index (χ3v) is 25.5. The highest BCUT2D eigenvalue weighted by Gasteiger charge is 2.22. The Bertz CT molecular complexity index is 6420. The minimum Gasteiger partial charge on any atom is -0.461 e. The summed E-state index contributed by atoms with van der Waals surface area (Å²) in [5, 5.41) is 89.8. The van der Waals surface area contributed by atoms with Crippen LogP contribution in [0.2, 0.25) is 0 Å². The summed E-state index contributed by atoms with van der Waals surface area (Å²) >= 11 is 11.6. The summed E-state index contributed by atoms with van der Waals surface area (Å²) in [5.74, 6) is 8.21. The van der Waals surface area contributed by atoms with Crippen LogP contribution in [0.3, 0.4) is 0 Å². The molecule has 1 amide bonds. The zero-order chi connectivity index (χ0) is 95.5. The van der Waals surface area contributed by atoms with Gasteiger partial charge in [0.05, 0.1) is 51.9 Å². The van der Waals surface area contributed by atoms with Crippen LogP contribution in [-0.4, -0.2) is 159 Å². The van der Waals surface area contributed by atoms with Gasteiger partial charge in [-0.3, -0.25) is 4.79 Å². The number of nitrogens with one attached hydrogen (secondary N) is 2. The number of terminal acetylenes is 1. The lowest BCUT2D eigenvalue weighted by Crippen LogP contribution is -2.27. The van der Waals surface area contributed by atoms with Gasteiger partial charge in [-0.15, -0.1) is 78.6 Å². The summed E-state index contributed by atoms with van der Waals surface area (Å²) in [6, 6.07) is 54.3. The molecule has 0 atom stereocenters. The first-order chi connectivity index (χ1) is 65.7. The number of aliphatic hydroxyl groups is 1. The number of aromatic amines is 1. The van der Waals surface area contributed by atoms with Crippen molar-refractivity contribution in [1.82, 2.24) is 102 Å². The highest BCUT2D eigenvalue weighted by Crippen LogP contribution is 2.31. The van der Waals surface area contributed by atoms with E-state index in [2.05, 4.69) is 347 Å². The van der Waals surface area contributed by atoms with Crippen molar-refractivity contribution >= 4 is 172 Å². The molecule has 29 nitrogen and oxygen atoms in total. The fourth-order valence-electron chi connectivity index (χ4n) is 13.5. The Morgan fingerprint density at radius 2 is 0.859 bits per heavy atom. The maximum atomic E-state index is 12.1. The van der Waals surface area contributed by atoms with E-state index in [1.807, 2.05) is 30.3 Å². The quantitative estimate of drug-likeness (QED) is 0.0103. The number of rotatable bonds is 31. The molecule has 0 bridgehead atoms. The zero-order valence-corrected chi connectivity index (χ0v) is 85.3. The summed E-state index contributed by atoms with van der Waals surface area (Å²) in [6.45, 7) is 13.0. The minimum absolute atomic E-state index is 0.135. The van der Waals surface area contributed by atoms with Crippen molar-refractivity contribution in [2.45, 2.75) is 164 Å². The molecule has 0 fully saturated rings. The normalized spacial score (nSPS) is 11.6. The van der Waals surface area contributed by atoms with E-state index in [1.165, 1.54) is 95.4 Å². The fourth-order valence-corrected chi connectivity index (χ4v) is 18.4. The Labute approximate surface area is 841 Å². The lowest BCUT2D eigenvalue weighted by molar-refractivity contribution is 0.0515. The first-order valence-corrected chi connectivity index (χ1v) is 50.6. The number of carbonyl (C=O) groups excluding carboxylic acids is 4. The number of halogens is 3. The molecule has 696 valence electrons. The molecule has 4 aromatic carbocycles. The van der Waals surface area contributed by atoms with Gasteiger partial charge in [-0.2, -0.15) is 25.5 Å². The van der Waals surface area contributed by atoms with Crippen molar-refractivity contribution < 1.29 is 38.5 Å². The minimum atomic E-state index is -0.430. The molecule has 0 saturated carbocycles. The van der Waals surface area contributed by atoms with Crippen LogP contribution in [0.25, 0.3) is 29.3 Å². The number of aryl methyl sites for hydroxylation is 6. The molecule has 0 aliphatic heterocycles.